The van der Waals surface area contributed by atoms with Gasteiger partial charge in [-0.15, -0.1) is 0 Å². The molecule has 3 aliphatic rings. The largest absolute Gasteiger partial charge is 0.490 e. The van der Waals surface area contributed by atoms with Crippen LogP contribution in [0.5, 0.6) is 5.75 Å². The molecule has 3 heterocycles. The monoisotopic (exact) mass is 481 g/mol. The zero-order chi connectivity index (χ0) is 23.6. The highest BCUT2D eigenvalue weighted by molar-refractivity contribution is 7.92. The summed E-state index contributed by atoms with van der Waals surface area (Å²) in [6.45, 7) is 4.10. The van der Waals surface area contributed by atoms with Crippen molar-refractivity contribution in [2.45, 2.75) is 44.4 Å². The minimum atomic E-state index is -3.46. The lowest BCUT2D eigenvalue weighted by atomic mass is 9.94. The number of benzene rings is 1. The van der Waals surface area contributed by atoms with E-state index < -0.39 is 10.0 Å². The molecule has 0 radical (unpaired) electrons. The molecule has 11 heteroatoms. The van der Waals surface area contributed by atoms with Crippen molar-refractivity contribution >= 4 is 27.5 Å². The molecule has 1 aromatic rings. The van der Waals surface area contributed by atoms with Gasteiger partial charge in [-0.2, -0.15) is 0 Å². The van der Waals surface area contributed by atoms with Crippen molar-refractivity contribution in [2.75, 3.05) is 50.4 Å². The fourth-order valence-electron chi connectivity index (χ4n) is 4.48. The number of nitrogens with zero attached hydrogens (tertiary/aromatic N) is 2. The molecule has 2 saturated heterocycles. The van der Waals surface area contributed by atoms with E-state index >= 15 is 0 Å². The van der Waals surface area contributed by atoms with Gasteiger partial charge in [-0.05, 0) is 38.0 Å². The second kappa shape index (κ2) is 9.86. The van der Waals surface area contributed by atoms with Crippen molar-refractivity contribution < 1.29 is 32.2 Å². The van der Waals surface area contributed by atoms with Crippen LogP contribution >= 0.6 is 0 Å². The van der Waals surface area contributed by atoms with Gasteiger partial charge < -0.3 is 24.0 Å². The first-order valence-corrected chi connectivity index (χ1v) is 13.0. The number of carbonyl (C=O) groups excluding carboxylic acids is 2. The number of nitrogens with one attached hydrogen (secondary N) is 1. The van der Waals surface area contributed by atoms with Crippen LogP contribution in [0.15, 0.2) is 18.2 Å². The van der Waals surface area contributed by atoms with Gasteiger partial charge in [-0.3, -0.25) is 14.3 Å². The molecule has 0 spiro atoms. The Morgan fingerprint density at radius 3 is 2.70 bits per heavy atom. The van der Waals surface area contributed by atoms with Gasteiger partial charge in [0.05, 0.1) is 43.1 Å². The first-order chi connectivity index (χ1) is 15.8. The molecule has 1 N–H and O–H groups in total. The van der Waals surface area contributed by atoms with E-state index in [0.717, 1.165) is 0 Å². The summed E-state index contributed by atoms with van der Waals surface area (Å²) >= 11 is 0. The third kappa shape index (κ3) is 5.42. The molecule has 2 amide bonds. The summed E-state index contributed by atoms with van der Waals surface area (Å²) in [7, 11) is -1.74. The lowest BCUT2D eigenvalue weighted by Gasteiger charge is -2.42. The van der Waals surface area contributed by atoms with E-state index in [2.05, 4.69) is 4.72 Å². The summed E-state index contributed by atoms with van der Waals surface area (Å²) in [6.07, 6.45) is 1.07. The Hall–Kier alpha value is -2.37. The summed E-state index contributed by atoms with van der Waals surface area (Å²) in [5, 5.41) is 0. The molecule has 0 bridgehead atoms. The first-order valence-electron chi connectivity index (χ1n) is 11.3. The van der Waals surface area contributed by atoms with Crippen LogP contribution in [0.4, 0.5) is 5.69 Å². The predicted molar refractivity (Wildman–Crippen MR) is 121 cm³/mol. The van der Waals surface area contributed by atoms with E-state index in [1.165, 1.54) is 6.07 Å². The average Bonchev–Trinajstić information content (AvgIpc) is 2.82. The Bertz CT molecular complexity index is 994. The van der Waals surface area contributed by atoms with Crippen LogP contribution in [0.2, 0.25) is 0 Å². The maximum Gasteiger partial charge on any atom is 0.257 e. The second-order valence-electron chi connectivity index (χ2n) is 8.58. The van der Waals surface area contributed by atoms with Gasteiger partial charge in [0.1, 0.15) is 18.5 Å². The molecule has 1 aromatic carbocycles. The van der Waals surface area contributed by atoms with Gasteiger partial charge in [-0.1, -0.05) is 0 Å². The molecule has 0 unspecified atom stereocenters. The number of fused-ring (bicyclic) bond motifs is 2. The minimum Gasteiger partial charge on any atom is -0.490 e. The average molecular weight is 482 g/mol. The fourth-order valence-corrected chi connectivity index (χ4v) is 5.11. The molecule has 3 atom stereocenters. The number of morpholine rings is 1. The highest BCUT2D eigenvalue weighted by Gasteiger charge is 2.39. The van der Waals surface area contributed by atoms with E-state index in [1.807, 2.05) is 4.90 Å². The molecular formula is C22H31N3O7S. The van der Waals surface area contributed by atoms with E-state index in [0.29, 0.717) is 62.6 Å². The predicted octanol–water partition coefficient (Wildman–Crippen LogP) is 1.08. The summed E-state index contributed by atoms with van der Waals surface area (Å²) < 4.78 is 43.8. The number of amides is 2. The maximum atomic E-state index is 13.2. The SMILES string of the molecule is CCS(=O)(=O)Nc1ccc2c(c1)C(=O)N(C)[C@H]1CC[C@@H](CC(=O)N3CCOCC3)O[C@@H]1CO2. The molecule has 0 aromatic heterocycles. The van der Waals surface area contributed by atoms with Crippen LogP contribution in [0.25, 0.3) is 0 Å². The maximum absolute atomic E-state index is 13.2. The third-order valence-electron chi connectivity index (χ3n) is 6.43. The van der Waals surface area contributed by atoms with Crippen molar-refractivity contribution in [3.63, 3.8) is 0 Å². The van der Waals surface area contributed by atoms with Crippen LogP contribution in [-0.4, -0.2) is 94.0 Å². The van der Waals surface area contributed by atoms with Gasteiger partial charge in [0, 0.05) is 25.8 Å². The Balaban J connectivity index is 1.46. The number of anilines is 1. The molecule has 0 aliphatic carbocycles. The number of likely N-dealkylation sites (N-methyl/N-ethyl adjacent to an activating group) is 1. The summed E-state index contributed by atoms with van der Waals surface area (Å²) in [6, 6.07) is 4.48. The van der Waals surface area contributed by atoms with Gasteiger partial charge >= 0.3 is 0 Å². The summed E-state index contributed by atoms with van der Waals surface area (Å²) in [5.41, 5.74) is 0.622. The van der Waals surface area contributed by atoms with E-state index in [1.54, 1.807) is 31.0 Å². The zero-order valence-electron chi connectivity index (χ0n) is 19.0. The molecule has 10 nitrogen and oxygen atoms in total. The van der Waals surface area contributed by atoms with Crippen LogP contribution in [0.1, 0.15) is 36.5 Å². The van der Waals surface area contributed by atoms with E-state index in [-0.39, 0.29) is 42.4 Å². The molecule has 3 aliphatic heterocycles. The van der Waals surface area contributed by atoms with Gasteiger partial charge in [0.25, 0.3) is 5.91 Å². The number of rotatable bonds is 5. The highest BCUT2D eigenvalue weighted by Crippen LogP contribution is 2.33. The van der Waals surface area contributed by atoms with Crippen molar-refractivity contribution in [1.82, 2.24) is 9.80 Å². The Morgan fingerprint density at radius 1 is 1.21 bits per heavy atom. The third-order valence-corrected chi connectivity index (χ3v) is 7.74. The topological polar surface area (TPSA) is 114 Å². The fraction of sp³-hybridized carbons (Fsp3) is 0.636. The van der Waals surface area contributed by atoms with Crippen LogP contribution < -0.4 is 9.46 Å². The lowest BCUT2D eigenvalue weighted by Crippen LogP contribution is -2.54. The van der Waals surface area contributed by atoms with Crippen LogP contribution in [-0.2, 0) is 24.3 Å². The van der Waals surface area contributed by atoms with Crippen LogP contribution in [0, 0.1) is 0 Å². The lowest BCUT2D eigenvalue weighted by molar-refractivity contribution is -0.146. The van der Waals surface area contributed by atoms with E-state index in [4.69, 9.17) is 14.2 Å². The quantitative estimate of drug-likeness (QED) is 0.669. The Labute approximate surface area is 194 Å². The summed E-state index contributed by atoms with van der Waals surface area (Å²) in [5.74, 6) is 0.110. The first kappa shape index (κ1) is 23.8. The van der Waals surface area contributed by atoms with Gasteiger partial charge in [-0.25, -0.2) is 8.42 Å². The molecule has 33 heavy (non-hydrogen) atoms. The molecule has 4 rings (SSSR count). The van der Waals surface area contributed by atoms with Crippen molar-refractivity contribution in [1.29, 1.82) is 0 Å². The number of ether oxygens (including phenoxy) is 3. The van der Waals surface area contributed by atoms with Crippen LogP contribution in [0.3, 0.4) is 0 Å². The standard InChI is InChI=1S/C22H31N3O7S/c1-3-33(28,29)23-15-4-7-19-17(12-15)22(27)24(2)18-6-5-16(32-20(18)14-31-19)13-21(26)25-8-10-30-11-9-25/h4,7,12,16,18,20,23H,3,5-6,8-11,13-14H2,1-2H3/t16-,18-,20+/m0/s1. The molecule has 0 saturated carbocycles. The smallest absolute Gasteiger partial charge is 0.257 e. The van der Waals surface area contributed by atoms with Crippen molar-refractivity contribution in [3.8, 4) is 5.75 Å². The van der Waals surface area contributed by atoms with Gasteiger partial charge in [0.15, 0.2) is 0 Å². The van der Waals surface area contributed by atoms with Crippen molar-refractivity contribution in [3.05, 3.63) is 23.8 Å². The number of hydrogen-bond donors (Lipinski definition) is 1. The number of carbonyl (C=O) groups is 2. The minimum absolute atomic E-state index is 0.0605. The normalized spacial score (nSPS) is 25.9. The number of hydrogen-bond acceptors (Lipinski definition) is 7. The molecular weight excluding hydrogens is 450 g/mol. The summed E-state index contributed by atoms with van der Waals surface area (Å²) in [4.78, 5) is 29.3. The zero-order valence-corrected chi connectivity index (χ0v) is 19.8. The highest BCUT2D eigenvalue weighted by atomic mass is 32.2. The Morgan fingerprint density at radius 2 is 1.97 bits per heavy atom. The van der Waals surface area contributed by atoms with Crippen molar-refractivity contribution in [2.24, 2.45) is 0 Å². The second-order valence-corrected chi connectivity index (χ2v) is 10.6. The number of sulfonamides is 1. The molecule has 2 fully saturated rings. The Kier molecular flexibility index (Phi) is 7.10. The van der Waals surface area contributed by atoms with E-state index in [9.17, 15) is 18.0 Å². The van der Waals surface area contributed by atoms with Gasteiger partial charge in [0.2, 0.25) is 15.9 Å². The molecule has 182 valence electrons.